The number of alkyl halides is 3. The van der Waals surface area contributed by atoms with E-state index in [0.717, 1.165) is 22.5 Å². The number of nitrogens with zero attached hydrogens (tertiary/aromatic N) is 1. The van der Waals surface area contributed by atoms with E-state index < -0.39 is 44.5 Å². The number of esters is 1. The fraction of sp³-hybridized carbons (Fsp3) is 0.222. The predicted octanol–water partition coefficient (Wildman–Crippen LogP) is 6.58. The van der Waals surface area contributed by atoms with Crippen molar-refractivity contribution in [3.05, 3.63) is 88.2 Å². The number of rotatable bonds is 7. The van der Waals surface area contributed by atoms with E-state index in [0.29, 0.717) is 17.2 Å². The van der Waals surface area contributed by atoms with Crippen LogP contribution in [0.1, 0.15) is 29.5 Å². The van der Waals surface area contributed by atoms with Crippen molar-refractivity contribution in [2.45, 2.75) is 30.0 Å². The van der Waals surface area contributed by atoms with Crippen molar-refractivity contribution < 1.29 is 40.2 Å². The SMILES string of the molecule is COC(=O)CC[C@H]1CN(S(=O)(=O)c2cccc(C(F)(F)F)c2)c2cc(/C=C/c3cccc(F)c3Cl)ccc2O1. The minimum atomic E-state index is -4.74. The quantitative estimate of drug-likeness (QED) is 0.179. The second-order valence-electron chi connectivity index (χ2n) is 8.62. The summed E-state index contributed by atoms with van der Waals surface area (Å²) in [6.45, 7) is -0.258. The summed E-state index contributed by atoms with van der Waals surface area (Å²) in [5.41, 5.74) is -0.131. The number of hydrogen-bond donors (Lipinski definition) is 0. The molecule has 1 heterocycles. The number of hydrogen-bond acceptors (Lipinski definition) is 5. The highest BCUT2D eigenvalue weighted by Gasteiger charge is 2.37. The van der Waals surface area contributed by atoms with Crippen LogP contribution in [0.4, 0.5) is 23.2 Å². The Morgan fingerprint density at radius 1 is 1.13 bits per heavy atom. The Hall–Kier alpha value is -3.57. The summed E-state index contributed by atoms with van der Waals surface area (Å²) in [5.74, 6) is -0.963. The first-order valence-corrected chi connectivity index (χ1v) is 13.4. The van der Waals surface area contributed by atoms with Crippen molar-refractivity contribution in [2.24, 2.45) is 0 Å². The maximum Gasteiger partial charge on any atom is 0.416 e. The normalized spacial score (nSPS) is 15.6. The molecule has 39 heavy (non-hydrogen) atoms. The number of halogens is 5. The molecule has 4 rings (SSSR count). The maximum atomic E-state index is 13.8. The van der Waals surface area contributed by atoms with E-state index in [4.69, 9.17) is 16.3 Å². The molecule has 0 amide bonds. The van der Waals surface area contributed by atoms with Crippen LogP contribution < -0.4 is 9.04 Å². The molecule has 0 saturated carbocycles. The lowest BCUT2D eigenvalue weighted by atomic mass is 10.1. The van der Waals surface area contributed by atoms with Crippen LogP contribution in [0.2, 0.25) is 5.02 Å². The van der Waals surface area contributed by atoms with Gasteiger partial charge in [0.05, 0.1) is 34.8 Å². The standard InChI is InChI=1S/C27H22ClF4NO5S/c1-37-25(34)13-11-20-16-33(39(35,36)21-6-3-5-19(15-21)27(30,31)32)23-14-17(9-12-24(23)38-20)8-10-18-4-2-7-22(29)26(18)28/h2-10,12,14-15,20H,11,13,16H2,1H3/b10-8+/t20-/m0/s1. The molecule has 0 aliphatic carbocycles. The molecule has 206 valence electrons. The van der Waals surface area contributed by atoms with Crippen LogP contribution >= 0.6 is 11.6 Å². The molecule has 12 heteroatoms. The van der Waals surface area contributed by atoms with Crippen LogP contribution in [0.3, 0.4) is 0 Å². The zero-order chi connectivity index (χ0) is 28.4. The largest absolute Gasteiger partial charge is 0.486 e. The number of carbonyl (C=O) groups excluding carboxylic acids is 1. The number of ether oxygens (including phenoxy) is 2. The Balaban J connectivity index is 1.75. The van der Waals surface area contributed by atoms with Crippen molar-refractivity contribution >= 4 is 45.4 Å². The van der Waals surface area contributed by atoms with Gasteiger partial charge >= 0.3 is 12.1 Å². The lowest BCUT2D eigenvalue weighted by Gasteiger charge is -2.35. The van der Waals surface area contributed by atoms with Gasteiger partial charge in [-0.05, 0) is 53.9 Å². The summed E-state index contributed by atoms with van der Waals surface area (Å²) >= 11 is 6.00. The van der Waals surface area contributed by atoms with Crippen LogP contribution in [-0.4, -0.2) is 34.1 Å². The van der Waals surface area contributed by atoms with Crippen LogP contribution in [-0.2, 0) is 25.7 Å². The molecule has 6 nitrogen and oxygen atoms in total. The van der Waals surface area contributed by atoms with E-state index in [2.05, 4.69) is 4.74 Å². The highest BCUT2D eigenvalue weighted by atomic mass is 35.5. The zero-order valence-corrected chi connectivity index (χ0v) is 22.0. The third-order valence-corrected chi connectivity index (χ3v) is 8.17. The predicted molar refractivity (Wildman–Crippen MR) is 138 cm³/mol. The molecule has 0 bridgehead atoms. The van der Waals surface area contributed by atoms with Crippen LogP contribution in [0.5, 0.6) is 5.75 Å². The van der Waals surface area contributed by atoms with Crippen molar-refractivity contribution in [1.82, 2.24) is 0 Å². The number of benzene rings is 3. The summed E-state index contributed by atoms with van der Waals surface area (Å²) in [6, 6.07) is 12.4. The van der Waals surface area contributed by atoms with Gasteiger partial charge in [-0.2, -0.15) is 13.2 Å². The van der Waals surface area contributed by atoms with Gasteiger partial charge in [-0.1, -0.05) is 48.0 Å². The number of methoxy groups -OCH3 is 1. The van der Waals surface area contributed by atoms with Gasteiger partial charge in [0, 0.05) is 6.42 Å². The number of fused-ring (bicyclic) bond motifs is 1. The van der Waals surface area contributed by atoms with Crippen molar-refractivity contribution in [3.8, 4) is 5.75 Å². The topological polar surface area (TPSA) is 72.9 Å². The minimum Gasteiger partial charge on any atom is -0.486 e. The fourth-order valence-corrected chi connectivity index (χ4v) is 5.72. The minimum absolute atomic E-state index is 0.0524. The highest BCUT2D eigenvalue weighted by Crippen LogP contribution is 2.40. The van der Waals surface area contributed by atoms with Gasteiger partial charge in [-0.25, -0.2) is 12.8 Å². The summed E-state index contributed by atoms with van der Waals surface area (Å²) in [6.07, 6.45) is -2.33. The van der Waals surface area contributed by atoms with Gasteiger partial charge in [0.15, 0.2) is 0 Å². The van der Waals surface area contributed by atoms with E-state index in [1.807, 2.05) is 0 Å². The van der Waals surface area contributed by atoms with E-state index in [9.17, 15) is 30.8 Å². The molecule has 1 aliphatic heterocycles. The second-order valence-corrected chi connectivity index (χ2v) is 10.9. The molecular weight excluding hydrogens is 562 g/mol. The number of carbonyl (C=O) groups is 1. The molecular formula is C27H22ClF4NO5S. The second kappa shape index (κ2) is 11.3. The Morgan fingerprint density at radius 3 is 2.59 bits per heavy atom. The maximum absolute atomic E-state index is 13.8. The molecule has 0 N–H and O–H groups in total. The van der Waals surface area contributed by atoms with Gasteiger partial charge in [0.25, 0.3) is 10.0 Å². The number of anilines is 1. The molecule has 3 aromatic rings. The Morgan fingerprint density at radius 2 is 1.87 bits per heavy atom. The first kappa shape index (κ1) is 28.4. The first-order valence-electron chi connectivity index (χ1n) is 11.6. The molecule has 0 radical (unpaired) electrons. The Labute approximate surface area is 227 Å². The lowest BCUT2D eigenvalue weighted by Crippen LogP contribution is -2.43. The van der Waals surface area contributed by atoms with Gasteiger partial charge in [-0.15, -0.1) is 0 Å². The summed E-state index contributed by atoms with van der Waals surface area (Å²) in [5, 5.41) is -0.0859. The van der Waals surface area contributed by atoms with Gasteiger partial charge in [0.1, 0.15) is 17.7 Å². The first-order chi connectivity index (χ1) is 18.4. The van der Waals surface area contributed by atoms with E-state index in [-0.39, 0.29) is 35.8 Å². The lowest BCUT2D eigenvalue weighted by molar-refractivity contribution is -0.141. The molecule has 1 aliphatic rings. The van der Waals surface area contributed by atoms with Crippen LogP contribution in [0.15, 0.2) is 65.6 Å². The van der Waals surface area contributed by atoms with E-state index in [1.54, 1.807) is 24.3 Å². The fourth-order valence-electron chi connectivity index (χ4n) is 3.99. The van der Waals surface area contributed by atoms with Gasteiger partial charge in [0.2, 0.25) is 0 Å². The van der Waals surface area contributed by atoms with E-state index >= 15 is 0 Å². The highest BCUT2D eigenvalue weighted by molar-refractivity contribution is 7.92. The Bertz CT molecular complexity index is 1520. The smallest absolute Gasteiger partial charge is 0.416 e. The average molecular weight is 584 g/mol. The van der Waals surface area contributed by atoms with Gasteiger partial charge in [-0.3, -0.25) is 9.10 Å². The summed E-state index contributed by atoms with van der Waals surface area (Å²) in [7, 11) is -3.27. The third kappa shape index (κ3) is 6.36. The molecule has 0 aromatic heterocycles. The van der Waals surface area contributed by atoms with Gasteiger partial charge < -0.3 is 9.47 Å². The third-order valence-electron chi connectivity index (χ3n) is 6.00. The summed E-state index contributed by atoms with van der Waals surface area (Å²) in [4.78, 5) is 11.1. The zero-order valence-electron chi connectivity index (χ0n) is 20.4. The van der Waals surface area contributed by atoms with Crippen LogP contribution in [0.25, 0.3) is 12.2 Å². The molecule has 1 atom stereocenters. The number of sulfonamides is 1. The Kier molecular flexibility index (Phi) is 8.22. The van der Waals surface area contributed by atoms with Crippen molar-refractivity contribution in [2.75, 3.05) is 18.0 Å². The molecule has 0 fully saturated rings. The molecule has 0 saturated heterocycles. The van der Waals surface area contributed by atoms with Crippen molar-refractivity contribution in [1.29, 1.82) is 0 Å². The molecule has 3 aromatic carbocycles. The van der Waals surface area contributed by atoms with Crippen LogP contribution in [0, 0.1) is 5.82 Å². The van der Waals surface area contributed by atoms with Crippen molar-refractivity contribution in [3.63, 3.8) is 0 Å². The molecule has 0 spiro atoms. The van der Waals surface area contributed by atoms with E-state index in [1.165, 1.54) is 31.4 Å². The summed E-state index contributed by atoms with van der Waals surface area (Å²) < 4.78 is 92.7. The monoisotopic (exact) mass is 583 g/mol. The molecule has 0 unspecified atom stereocenters. The average Bonchev–Trinajstić information content (AvgIpc) is 2.91.